The van der Waals surface area contributed by atoms with Crippen LogP contribution in [0.5, 0.6) is 11.6 Å². The second-order valence-corrected chi connectivity index (χ2v) is 6.39. The summed E-state index contributed by atoms with van der Waals surface area (Å²) in [4.78, 5) is 16.0. The fraction of sp³-hybridized carbons (Fsp3) is 0.263. The number of nitrogens with one attached hydrogen (secondary N) is 1. The molecule has 0 radical (unpaired) electrons. The molecule has 1 amide bonds. The maximum Gasteiger partial charge on any atom is 0.232 e. The topological polar surface area (TPSA) is 71.5 Å². The van der Waals surface area contributed by atoms with E-state index in [1.54, 1.807) is 12.1 Å². The molecule has 3 rings (SSSR count). The number of phenolic OH excluding ortho intramolecular Hbond substituents is 1. The zero-order valence-electron chi connectivity index (χ0n) is 14.0. The van der Waals surface area contributed by atoms with E-state index >= 15 is 0 Å². The molecule has 1 aliphatic rings. The lowest BCUT2D eigenvalue weighted by Gasteiger charge is -2.14. The highest BCUT2D eigenvalue weighted by Crippen LogP contribution is 2.31. The molecule has 6 heteroatoms. The molecule has 1 saturated heterocycles. The third-order valence-corrected chi connectivity index (χ3v) is 4.48. The molecule has 1 aliphatic heterocycles. The summed E-state index contributed by atoms with van der Waals surface area (Å²) in [5.41, 5.74) is 3.20. The van der Waals surface area contributed by atoms with Crippen molar-refractivity contribution >= 4 is 23.1 Å². The van der Waals surface area contributed by atoms with E-state index in [2.05, 4.69) is 10.3 Å². The molecule has 1 fully saturated rings. The highest BCUT2D eigenvalue weighted by atomic mass is 35.5. The van der Waals surface area contributed by atoms with E-state index in [1.165, 1.54) is 7.11 Å². The molecule has 130 valence electrons. The van der Waals surface area contributed by atoms with E-state index in [0.29, 0.717) is 23.0 Å². The standard InChI is InChI=1S/C19H19ClN2O3/c1-11-9-12(3-7-17(11)23)14(10-13-4-8-18(24)21-13)16-6-5-15(20)19(22-16)25-2/h3,5-7,9-10,13,23H,4,8H2,1-2H3,(H,21,24)/b14-10+/t13-/m1/s1. The van der Waals surface area contributed by atoms with Crippen LogP contribution in [0.25, 0.3) is 5.57 Å². The van der Waals surface area contributed by atoms with Gasteiger partial charge in [0.1, 0.15) is 10.8 Å². The number of rotatable bonds is 4. The SMILES string of the molecule is COc1nc(/C(=C/[C@H]2CCC(=O)N2)c2ccc(O)c(C)c2)ccc1Cl. The maximum absolute atomic E-state index is 11.5. The van der Waals surface area contributed by atoms with Crippen molar-refractivity contribution in [2.75, 3.05) is 7.11 Å². The molecule has 0 unspecified atom stereocenters. The number of hydrogen-bond acceptors (Lipinski definition) is 4. The molecular formula is C19H19ClN2O3. The number of carbonyl (C=O) groups excluding carboxylic acids is 1. The predicted octanol–water partition coefficient (Wildman–Crippen LogP) is 3.47. The van der Waals surface area contributed by atoms with Gasteiger partial charge in [0.15, 0.2) is 0 Å². The first kappa shape index (κ1) is 17.3. The summed E-state index contributed by atoms with van der Waals surface area (Å²) >= 11 is 6.09. The van der Waals surface area contributed by atoms with Gasteiger partial charge in [-0.1, -0.05) is 23.7 Å². The number of aromatic hydroxyl groups is 1. The van der Waals surface area contributed by atoms with E-state index in [-0.39, 0.29) is 17.7 Å². The van der Waals surface area contributed by atoms with Gasteiger partial charge in [-0.2, -0.15) is 0 Å². The van der Waals surface area contributed by atoms with Gasteiger partial charge in [-0.3, -0.25) is 4.79 Å². The van der Waals surface area contributed by atoms with E-state index in [1.807, 2.05) is 31.2 Å². The predicted molar refractivity (Wildman–Crippen MR) is 96.9 cm³/mol. The summed E-state index contributed by atoms with van der Waals surface area (Å²) in [6.07, 6.45) is 3.25. The lowest BCUT2D eigenvalue weighted by molar-refractivity contribution is -0.119. The molecule has 1 aromatic heterocycles. The van der Waals surface area contributed by atoms with Crippen molar-refractivity contribution in [3.63, 3.8) is 0 Å². The number of pyridine rings is 1. The van der Waals surface area contributed by atoms with Crippen LogP contribution in [0.1, 0.15) is 29.7 Å². The second-order valence-electron chi connectivity index (χ2n) is 5.98. The van der Waals surface area contributed by atoms with Crippen LogP contribution in [0, 0.1) is 6.92 Å². The third-order valence-electron chi connectivity index (χ3n) is 4.19. The molecular weight excluding hydrogens is 340 g/mol. The Labute approximate surface area is 151 Å². The Bertz CT molecular complexity index is 849. The van der Waals surface area contributed by atoms with E-state index < -0.39 is 0 Å². The molecule has 0 bridgehead atoms. The minimum Gasteiger partial charge on any atom is -0.508 e. The van der Waals surface area contributed by atoms with E-state index in [9.17, 15) is 9.90 Å². The molecule has 0 aliphatic carbocycles. The number of carbonyl (C=O) groups is 1. The Balaban J connectivity index is 2.09. The number of hydrogen-bond donors (Lipinski definition) is 2. The average molecular weight is 359 g/mol. The highest BCUT2D eigenvalue weighted by molar-refractivity contribution is 6.31. The molecule has 0 saturated carbocycles. The molecule has 25 heavy (non-hydrogen) atoms. The Morgan fingerprint density at radius 3 is 2.84 bits per heavy atom. The van der Waals surface area contributed by atoms with Crippen LogP contribution >= 0.6 is 11.6 Å². The maximum atomic E-state index is 11.5. The van der Waals surface area contributed by atoms with Gasteiger partial charge in [0, 0.05) is 18.0 Å². The largest absolute Gasteiger partial charge is 0.508 e. The molecule has 5 nitrogen and oxygen atoms in total. The number of aromatic nitrogens is 1. The lowest BCUT2D eigenvalue weighted by atomic mass is 9.97. The number of aryl methyl sites for hydroxylation is 1. The fourth-order valence-corrected chi connectivity index (χ4v) is 3.02. The number of amides is 1. The van der Waals surface area contributed by atoms with Crippen LogP contribution in [0.4, 0.5) is 0 Å². The first-order valence-corrected chi connectivity index (χ1v) is 8.38. The average Bonchev–Trinajstić information content (AvgIpc) is 3.01. The van der Waals surface area contributed by atoms with Gasteiger partial charge in [-0.25, -0.2) is 4.98 Å². The normalized spacial score (nSPS) is 17.5. The Morgan fingerprint density at radius 2 is 2.20 bits per heavy atom. The fourth-order valence-electron chi connectivity index (χ4n) is 2.83. The zero-order valence-corrected chi connectivity index (χ0v) is 14.8. The van der Waals surface area contributed by atoms with Gasteiger partial charge >= 0.3 is 0 Å². The van der Waals surface area contributed by atoms with Crippen molar-refractivity contribution in [2.45, 2.75) is 25.8 Å². The minimum absolute atomic E-state index is 0.0455. The van der Waals surface area contributed by atoms with Crippen molar-refractivity contribution in [3.8, 4) is 11.6 Å². The number of phenols is 1. The number of methoxy groups -OCH3 is 1. The smallest absolute Gasteiger partial charge is 0.232 e. The zero-order chi connectivity index (χ0) is 18.0. The van der Waals surface area contributed by atoms with Gasteiger partial charge in [0.05, 0.1) is 12.8 Å². The summed E-state index contributed by atoms with van der Waals surface area (Å²) in [7, 11) is 1.52. The van der Waals surface area contributed by atoms with Gasteiger partial charge in [-0.05, 0) is 48.7 Å². The monoisotopic (exact) mass is 358 g/mol. The molecule has 1 atom stereocenters. The van der Waals surface area contributed by atoms with E-state index in [0.717, 1.165) is 23.1 Å². The lowest BCUT2D eigenvalue weighted by Crippen LogP contribution is -2.23. The molecule has 2 N–H and O–H groups in total. The van der Waals surface area contributed by atoms with Gasteiger partial charge in [-0.15, -0.1) is 0 Å². The molecule has 2 heterocycles. The summed E-state index contributed by atoms with van der Waals surface area (Å²) in [6.45, 7) is 1.84. The van der Waals surface area contributed by atoms with Crippen molar-refractivity contribution < 1.29 is 14.6 Å². The van der Waals surface area contributed by atoms with Gasteiger partial charge < -0.3 is 15.2 Å². The Hall–Kier alpha value is -2.53. The first-order valence-electron chi connectivity index (χ1n) is 8.00. The number of nitrogens with zero attached hydrogens (tertiary/aromatic N) is 1. The number of ether oxygens (including phenoxy) is 1. The van der Waals surface area contributed by atoms with Crippen LogP contribution in [0.3, 0.4) is 0 Å². The van der Waals surface area contributed by atoms with Gasteiger partial charge in [0.25, 0.3) is 0 Å². The van der Waals surface area contributed by atoms with Crippen LogP contribution in [-0.4, -0.2) is 29.1 Å². The molecule has 2 aromatic rings. The van der Waals surface area contributed by atoms with Crippen molar-refractivity contribution in [3.05, 3.63) is 58.3 Å². The number of halogens is 1. The van der Waals surface area contributed by atoms with Crippen LogP contribution in [-0.2, 0) is 4.79 Å². The van der Waals surface area contributed by atoms with Crippen LogP contribution < -0.4 is 10.1 Å². The van der Waals surface area contributed by atoms with Gasteiger partial charge in [0.2, 0.25) is 11.8 Å². The summed E-state index contributed by atoms with van der Waals surface area (Å²) in [6, 6.07) is 8.86. The van der Waals surface area contributed by atoms with Crippen molar-refractivity contribution in [1.82, 2.24) is 10.3 Å². The van der Waals surface area contributed by atoms with Crippen LogP contribution in [0.15, 0.2) is 36.4 Å². The summed E-state index contributed by atoms with van der Waals surface area (Å²) < 4.78 is 5.22. The highest BCUT2D eigenvalue weighted by Gasteiger charge is 2.21. The summed E-state index contributed by atoms with van der Waals surface area (Å²) in [5.74, 6) is 0.624. The third kappa shape index (κ3) is 3.77. The Morgan fingerprint density at radius 1 is 1.40 bits per heavy atom. The Kier molecular flexibility index (Phi) is 4.95. The quantitative estimate of drug-likeness (QED) is 0.877. The molecule has 0 spiro atoms. The molecule has 1 aromatic carbocycles. The van der Waals surface area contributed by atoms with Crippen molar-refractivity contribution in [1.29, 1.82) is 0 Å². The summed E-state index contributed by atoms with van der Waals surface area (Å²) in [5, 5.41) is 13.2. The van der Waals surface area contributed by atoms with Crippen molar-refractivity contribution in [2.24, 2.45) is 0 Å². The second kappa shape index (κ2) is 7.15. The van der Waals surface area contributed by atoms with Crippen LogP contribution in [0.2, 0.25) is 5.02 Å². The first-order chi connectivity index (χ1) is 12.0. The number of benzene rings is 1. The van der Waals surface area contributed by atoms with E-state index in [4.69, 9.17) is 16.3 Å². The minimum atomic E-state index is -0.0555.